The van der Waals surface area contributed by atoms with E-state index in [1.807, 2.05) is 31.3 Å². The van der Waals surface area contributed by atoms with Crippen LogP contribution in [0.15, 0.2) is 18.6 Å². The Bertz CT molecular complexity index is 391. The summed E-state index contributed by atoms with van der Waals surface area (Å²) in [5, 5.41) is 0. The van der Waals surface area contributed by atoms with Gasteiger partial charge in [0.15, 0.2) is 5.65 Å². The molecule has 0 saturated heterocycles. The molecule has 2 rings (SSSR count). The second kappa shape index (κ2) is 2.48. The summed E-state index contributed by atoms with van der Waals surface area (Å²) < 4.78 is 0. The molecule has 2 heterocycles. The number of pyridine rings is 1. The van der Waals surface area contributed by atoms with Gasteiger partial charge in [0, 0.05) is 14.1 Å². The summed E-state index contributed by atoms with van der Waals surface area (Å²) in [5.41, 5.74) is 2.80. The maximum absolute atomic E-state index is 4.20. The zero-order valence-electron chi connectivity index (χ0n) is 7.07. The van der Waals surface area contributed by atoms with Crippen molar-refractivity contribution in [1.29, 1.82) is 0 Å². The second-order valence-corrected chi connectivity index (χ2v) is 2.86. The number of hydrogen-bond acceptors (Lipinski definition) is 3. The lowest BCUT2D eigenvalue weighted by Gasteiger charge is -2.10. The first-order valence-electron chi connectivity index (χ1n) is 3.74. The van der Waals surface area contributed by atoms with Crippen molar-refractivity contribution >= 4 is 16.9 Å². The van der Waals surface area contributed by atoms with Gasteiger partial charge in [0.25, 0.3) is 0 Å². The van der Waals surface area contributed by atoms with E-state index >= 15 is 0 Å². The number of anilines is 1. The van der Waals surface area contributed by atoms with Crippen LogP contribution < -0.4 is 4.90 Å². The maximum atomic E-state index is 4.20. The molecule has 0 bridgehead atoms. The van der Waals surface area contributed by atoms with Crippen LogP contribution >= 0.6 is 0 Å². The predicted molar refractivity (Wildman–Crippen MR) is 48.2 cm³/mol. The van der Waals surface area contributed by atoms with E-state index in [2.05, 4.69) is 15.0 Å². The Kier molecular flexibility index (Phi) is 1.46. The smallest absolute Gasteiger partial charge is 0.157 e. The van der Waals surface area contributed by atoms with Crippen LogP contribution in [0, 0.1) is 0 Å². The summed E-state index contributed by atoms with van der Waals surface area (Å²) in [6.07, 6.45) is 3.47. The van der Waals surface area contributed by atoms with Gasteiger partial charge in [-0.1, -0.05) is 0 Å². The molecule has 0 spiro atoms. The minimum atomic E-state index is 0.834. The standard InChI is InChI=1S/C8H10N4/c1-12(2)6-3-7-8(9-4-6)11-5-10-7/h3-5H,1-2H3,(H,9,10,11). The summed E-state index contributed by atoms with van der Waals surface area (Å²) in [7, 11) is 3.96. The van der Waals surface area contributed by atoms with E-state index in [4.69, 9.17) is 0 Å². The van der Waals surface area contributed by atoms with Crippen molar-refractivity contribution in [2.45, 2.75) is 0 Å². The third kappa shape index (κ3) is 1.01. The molecule has 12 heavy (non-hydrogen) atoms. The van der Waals surface area contributed by atoms with Gasteiger partial charge >= 0.3 is 0 Å². The molecule has 4 nitrogen and oxygen atoms in total. The zero-order valence-corrected chi connectivity index (χ0v) is 7.07. The van der Waals surface area contributed by atoms with E-state index in [0.717, 1.165) is 16.9 Å². The molecule has 0 aromatic carbocycles. The molecule has 2 aromatic heterocycles. The molecule has 0 atom stereocenters. The Balaban J connectivity index is 2.60. The lowest BCUT2D eigenvalue weighted by atomic mass is 10.4. The molecular weight excluding hydrogens is 152 g/mol. The van der Waals surface area contributed by atoms with Gasteiger partial charge in [-0.3, -0.25) is 0 Å². The topological polar surface area (TPSA) is 44.8 Å². The molecule has 0 fully saturated rings. The van der Waals surface area contributed by atoms with Crippen LogP contribution in [0.2, 0.25) is 0 Å². The number of H-pyrrole nitrogens is 1. The van der Waals surface area contributed by atoms with Gasteiger partial charge in [-0.05, 0) is 6.07 Å². The monoisotopic (exact) mass is 162 g/mol. The van der Waals surface area contributed by atoms with Gasteiger partial charge in [0.05, 0.1) is 18.2 Å². The van der Waals surface area contributed by atoms with Gasteiger partial charge in [0.1, 0.15) is 5.52 Å². The quantitative estimate of drug-likeness (QED) is 0.681. The van der Waals surface area contributed by atoms with E-state index in [9.17, 15) is 0 Å². The fourth-order valence-electron chi connectivity index (χ4n) is 1.06. The number of aromatic amines is 1. The van der Waals surface area contributed by atoms with Crippen molar-refractivity contribution in [2.75, 3.05) is 19.0 Å². The Hall–Kier alpha value is -1.58. The number of nitrogens with one attached hydrogen (secondary N) is 1. The van der Waals surface area contributed by atoms with Crippen LogP contribution in [0.3, 0.4) is 0 Å². The van der Waals surface area contributed by atoms with Gasteiger partial charge in [0.2, 0.25) is 0 Å². The first kappa shape index (κ1) is 7.09. The Labute approximate surface area is 70.3 Å². The van der Waals surface area contributed by atoms with Crippen LogP contribution in [-0.2, 0) is 0 Å². The van der Waals surface area contributed by atoms with E-state index in [1.165, 1.54) is 0 Å². The molecule has 0 unspecified atom stereocenters. The molecule has 0 amide bonds. The number of nitrogens with zero attached hydrogens (tertiary/aromatic N) is 3. The number of hydrogen-bond donors (Lipinski definition) is 1. The van der Waals surface area contributed by atoms with E-state index < -0.39 is 0 Å². The third-order valence-electron chi connectivity index (χ3n) is 1.77. The van der Waals surface area contributed by atoms with E-state index in [-0.39, 0.29) is 0 Å². The summed E-state index contributed by atoms with van der Waals surface area (Å²) in [5.74, 6) is 0. The molecule has 0 aliphatic heterocycles. The van der Waals surface area contributed by atoms with Gasteiger partial charge in [-0.25, -0.2) is 9.97 Å². The largest absolute Gasteiger partial charge is 0.376 e. The van der Waals surface area contributed by atoms with Crippen LogP contribution in [0.25, 0.3) is 11.2 Å². The van der Waals surface area contributed by atoms with Crippen molar-refractivity contribution in [3.05, 3.63) is 18.6 Å². The van der Waals surface area contributed by atoms with E-state index in [1.54, 1.807) is 6.33 Å². The molecule has 4 heteroatoms. The van der Waals surface area contributed by atoms with Gasteiger partial charge in [-0.2, -0.15) is 0 Å². The van der Waals surface area contributed by atoms with Crippen LogP contribution in [0.1, 0.15) is 0 Å². The Morgan fingerprint density at radius 3 is 2.92 bits per heavy atom. The zero-order chi connectivity index (χ0) is 8.55. The molecule has 0 radical (unpaired) electrons. The second-order valence-electron chi connectivity index (χ2n) is 2.86. The first-order chi connectivity index (χ1) is 5.77. The molecule has 2 aromatic rings. The number of fused-ring (bicyclic) bond motifs is 1. The molecule has 1 N–H and O–H groups in total. The van der Waals surface area contributed by atoms with E-state index in [0.29, 0.717) is 0 Å². The van der Waals surface area contributed by atoms with Crippen molar-refractivity contribution in [3.63, 3.8) is 0 Å². The maximum Gasteiger partial charge on any atom is 0.157 e. The molecular formula is C8H10N4. The van der Waals surface area contributed by atoms with Crippen molar-refractivity contribution in [3.8, 4) is 0 Å². The highest BCUT2D eigenvalue weighted by Gasteiger charge is 1.99. The van der Waals surface area contributed by atoms with Crippen LogP contribution in [0.4, 0.5) is 5.69 Å². The summed E-state index contributed by atoms with van der Waals surface area (Å²) in [6, 6.07) is 2.00. The molecule has 0 aliphatic rings. The van der Waals surface area contributed by atoms with Crippen molar-refractivity contribution in [1.82, 2.24) is 15.0 Å². The number of rotatable bonds is 1. The summed E-state index contributed by atoms with van der Waals surface area (Å²) >= 11 is 0. The highest BCUT2D eigenvalue weighted by molar-refractivity contribution is 5.74. The molecule has 0 aliphatic carbocycles. The lowest BCUT2D eigenvalue weighted by molar-refractivity contribution is 1.12. The van der Waals surface area contributed by atoms with Crippen LogP contribution in [0.5, 0.6) is 0 Å². The minimum Gasteiger partial charge on any atom is -0.376 e. The Morgan fingerprint density at radius 1 is 1.33 bits per heavy atom. The minimum absolute atomic E-state index is 0.834. The highest BCUT2D eigenvalue weighted by Crippen LogP contribution is 2.14. The summed E-state index contributed by atoms with van der Waals surface area (Å²) in [4.78, 5) is 13.3. The molecule has 62 valence electrons. The third-order valence-corrected chi connectivity index (χ3v) is 1.77. The number of aromatic nitrogens is 3. The average Bonchev–Trinajstić information content (AvgIpc) is 2.49. The predicted octanol–water partition coefficient (Wildman–Crippen LogP) is 1.02. The fourth-order valence-corrected chi connectivity index (χ4v) is 1.06. The first-order valence-corrected chi connectivity index (χ1v) is 3.74. The average molecular weight is 162 g/mol. The fraction of sp³-hybridized carbons (Fsp3) is 0.250. The number of imidazole rings is 1. The lowest BCUT2D eigenvalue weighted by Crippen LogP contribution is -2.08. The Morgan fingerprint density at radius 2 is 2.17 bits per heavy atom. The molecule has 0 saturated carbocycles. The summed E-state index contributed by atoms with van der Waals surface area (Å²) in [6.45, 7) is 0. The van der Waals surface area contributed by atoms with Gasteiger partial charge in [-0.15, -0.1) is 0 Å². The van der Waals surface area contributed by atoms with Crippen molar-refractivity contribution < 1.29 is 0 Å². The van der Waals surface area contributed by atoms with Crippen LogP contribution in [-0.4, -0.2) is 29.0 Å². The highest BCUT2D eigenvalue weighted by atomic mass is 15.1. The SMILES string of the molecule is CN(C)c1cnc2[nH]cnc2c1. The van der Waals surface area contributed by atoms with Gasteiger partial charge < -0.3 is 9.88 Å². The van der Waals surface area contributed by atoms with Crippen molar-refractivity contribution in [2.24, 2.45) is 0 Å². The normalized spacial score (nSPS) is 10.5.